The molecular formula is C14H22ClN3O. The van der Waals surface area contributed by atoms with Gasteiger partial charge in [-0.2, -0.15) is 0 Å². The minimum atomic E-state index is 0.420. The Hall–Kier alpha value is -0.870. The molecule has 2 heterocycles. The van der Waals surface area contributed by atoms with Gasteiger partial charge < -0.3 is 9.64 Å². The molecule has 5 heteroatoms. The zero-order chi connectivity index (χ0) is 13.9. The summed E-state index contributed by atoms with van der Waals surface area (Å²) < 4.78 is 5.35. The van der Waals surface area contributed by atoms with Crippen molar-refractivity contribution in [3.05, 3.63) is 17.0 Å². The summed E-state index contributed by atoms with van der Waals surface area (Å²) in [6.45, 7) is 9.71. The molecule has 1 saturated heterocycles. The summed E-state index contributed by atoms with van der Waals surface area (Å²) in [7, 11) is 0. The van der Waals surface area contributed by atoms with E-state index >= 15 is 0 Å². The van der Waals surface area contributed by atoms with E-state index in [1.54, 1.807) is 0 Å². The van der Waals surface area contributed by atoms with Gasteiger partial charge in [0.25, 0.3) is 0 Å². The van der Waals surface area contributed by atoms with Crippen LogP contribution >= 0.6 is 11.6 Å². The maximum Gasteiger partial charge on any atom is 0.158 e. The summed E-state index contributed by atoms with van der Waals surface area (Å²) in [5.74, 6) is 1.58. The van der Waals surface area contributed by atoms with Gasteiger partial charge in [-0.25, -0.2) is 9.97 Å². The van der Waals surface area contributed by atoms with Gasteiger partial charge in [0.2, 0.25) is 0 Å². The number of piperidine rings is 1. The summed E-state index contributed by atoms with van der Waals surface area (Å²) >= 11 is 6.07. The lowest BCUT2D eigenvalue weighted by Crippen LogP contribution is -2.37. The number of ether oxygens (including phenoxy) is 1. The first-order valence-electron chi connectivity index (χ1n) is 6.86. The van der Waals surface area contributed by atoms with Crippen molar-refractivity contribution >= 4 is 17.4 Å². The molecule has 4 nitrogen and oxygen atoms in total. The maximum atomic E-state index is 6.07. The number of anilines is 1. The Morgan fingerprint density at radius 1 is 1.32 bits per heavy atom. The molecule has 106 valence electrons. The van der Waals surface area contributed by atoms with Crippen molar-refractivity contribution in [3.63, 3.8) is 0 Å². The van der Waals surface area contributed by atoms with Crippen LogP contribution in [0.15, 0.2) is 6.07 Å². The molecule has 1 aliphatic rings. The standard InChI is InChI=1S/C14H22ClN3O/c1-4-19-10-12-16-11(15)9-13(17-12)18-7-5-14(2,3)6-8-18/h9H,4-8,10H2,1-3H3. The van der Waals surface area contributed by atoms with E-state index in [9.17, 15) is 0 Å². The molecule has 0 aromatic carbocycles. The van der Waals surface area contributed by atoms with Gasteiger partial charge >= 0.3 is 0 Å². The molecule has 2 rings (SSSR count). The van der Waals surface area contributed by atoms with Crippen LogP contribution in [0.4, 0.5) is 5.82 Å². The van der Waals surface area contributed by atoms with Gasteiger partial charge in [0.1, 0.15) is 17.6 Å². The molecule has 0 saturated carbocycles. The topological polar surface area (TPSA) is 38.2 Å². The number of halogens is 1. The van der Waals surface area contributed by atoms with Gasteiger partial charge in [0.15, 0.2) is 5.82 Å². The van der Waals surface area contributed by atoms with Crippen LogP contribution in [-0.4, -0.2) is 29.7 Å². The van der Waals surface area contributed by atoms with E-state index < -0.39 is 0 Å². The Labute approximate surface area is 120 Å². The normalized spacial score (nSPS) is 18.6. The molecule has 0 N–H and O–H groups in total. The van der Waals surface area contributed by atoms with Gasteiger partial charge in [-0.05, 0) is 25.2 Å². The van der Waals surface area contributed by atoms with Crippen molar-refractivity contribution in [3.8, 4) is 0 Å². The fraction of sp³-hybridized carbons (Fsp3) is 0.714. The van der Waals surface area contributed by atoms with Crippen LogP contribution in [0.2, 0.25) is 5.15 Å². The molecule has 0 radical (unpaired) electrons. The van der Waals surface area contributed by atoms with E-state index in [1.165, 1.54) is 12.8 Å². The lowest BCUT2D eigenvalue weighted by Gasteiger charge is -2.37. The fourth-order valence-corrected chi connectivity index (χ4v) is 2.41. The molecule has 0 amide bonds. The summed E-state index contributed by atoms with van der Waals surface area (Å²) in [5.41, 5.74) is 0.432. The Morgan fingerprint density at radius 3 is 2.63 bits per heavy atom. The van der Waals surface area contributed by atoms with Crippen LogP contribution in [0, 0.1) is 5.41 Å². The van der Waals surface area contributed by atoms with Gasteiger partial charge in [-0.1, -0.05) is 25.4 Å². The SMILES string of the molecule is CCOCc1nc(Cl)cc(N2CCC(C)(C)CC2)n1. The van der Waals surface area contributed by atoms with Gasteiger partial charge in [0.05, 0.1) is 0 Å². The second-order valence-electron chi connectivity index (χ2n) is 5.75. The van der Waals surface area contributed by atoms with E-state index in [1.807, 2.05) is 13.0 Å². The highest BCUT2D eigenvalue weighted by Gasteiger charge is 2.26. The Bertz CT molecular complexity index is 427. The van der Waals surface area contributed by atoms with E-state index in [0.717, 1.165) is 18.9 Å². The van der Waals surface area contributed by atoms with Crippen LogP contribution in [0.1, 0.15) is 39.4 Å². The predicted octanol–water partition coefficient (Wildman–Crippen LogP) is 3.29. The van der Waals surface area contributed by atoms with E-state index in [-0.39, 0.29) is 0 Å². The minimum Gasteiger partial charge on any atom is -0.374 e. The lowest BCUT2D eigenvalue weighted by molar-refractivity contribution is 0.128. The number of hydrogen-bond donors (Lipinski definition) is 0. The van der Waals surface area contributed by atoms with Crippen molar-refractivity contribution in [2.24, 2.45) is 5.41 Å². The van der Waals surface area contributed by atoms with Crippen molar-refractivity contribution < 1.29 is 4.74 Å². The third kappa shape index (κ3) is 4.05. The number of aromatic nitrogens is 2. The van der Waals surface area contributed by atoms with Crippen LogP contribution in [-0.2, 0) is 11.3 Å². The second kappa shape index (κ2) is 6.06. The highest BCUT2D eigenvalue weighted by atomic mass is 35.5. The molecule has 0 unspecified atom stereocenters. The van der Waals surface area contributed by atoms with Crippen molar-refractivity contribution in [2.45, 2.75) is 40.2 Å². The van der Waals surface area contributed by atoms with Crippen molar-refractivity contribution in [1.29, 1.82) is 0 Å². The highest BCUT2D eigenvalue weighted by molar-refractivity contribution is 6.29. The van der Waals surface area contributed by atoms with Crippen molar-refractivity contribution in [1.82, 2.24) is 9.97 Å². The van der Waals surface area contributed by atoms with E-state index in [4.69, 9.17) is 16.3 Å². The molecule has 19 heavy (non-hydrogen) atoms. The third-order valence-corrected chi connectivity index (χ3v) is 3.80. The monoisotopic (exact) mass is 283 g/mol. The average Bonchev–Trinajstić information content (AvgIpc) is 2.35. The van der Waals surface area contributed by atoms with Crippen LogP contribution in [0.3, 0.4) is 0 Å². The largest absolute Gasteiger partial charge is 0.374 e. The molecule has 1 fully saturated rings. The predicted molar refractivity (Wildman–Crippen MR) is 77.6 cm³/mol. The quantitative estimate of drug-likeness (QED) is 0.795. The Kier molecular flexibility index (Phi) is 4.63. The highest BCUT2D eigenvalue weighted by Crippen LogP contribution is 2.31. The van der Waals surface area contributed by atoms with Crippen LogP contribution < -0.4 is 4.90 Å². The second-order valence-corrected chi connectivity index (χ2v) is 6.14. The Balaban J connectivity index is 2.09. The first kappa shape index (κ1) is 14.5. The summed E-state index contributed by atoms with van der Waals surface area (Å²) in [6.07, 6.45) is 2.35. The molecule has 1 aliphatic heterocycles. The Morgan fingerprint density at radius 2 is 2.00 bits per heavy atom. The molecule has 1 aromatic rings. The molecule has 0 atom stereocenters. The third-order valence-electron chi connectivity index (χ3n) is 3.60. The molecule has 0 aliphatic carbocycles. The molecule has 0 bridgehead atoms. The fourth-order valence-electron chi connectivity index (χ4n) is 2.21. The first-order valence-corrected chi connectivity index (χ1v) is 7.24. The zero-order valence-corrected chi connectivity index (χ0v) is 12.7. The van der Waals surface area contributed by atoms with E-state index in [0.29, 0.717) is 29.6 Å². The summed E-state index contributed by atoms with van der Waals surface area (Å²) in [4.78, 5) is 11.0. The van der Waals surface area contributed by atoms with Gasteiger partial charge in [0, 0.05) is 25.8 Å². The van der Waals surface area contributed by atoms with Gasteiger partial charge in [-0.3, -0.25) is 0 Å². The van der Waals surface area contributed by atoms with Gasteiger partial charge in [-0.15, -0.1) is 0 Å². The minimum absolute atomic E-state index is 0.420. The molecule has 0 spiro atoms. The molecule has 1 aromatic heterocycles. The number of nitrogens with zero attached hydrogens (tertiary/aromatic N) is 3. The zero-order valence-electron chi connectivity index (χ0n) is 11.9. The first-order chi connectivity index (χ1) is 9.00. The number of rotatable bonds is 4. The number of hydrogen-bond acceptors (Lipinski definition) is 4. The molecular weight excluding hydrogens is 262 g/mol. The smallest absolute Gasteiger partial charge is 0.158 e. The summed E-state index contributed by atoms with van der Waals surface area (Å²) in [5, 5.41) is 0.490. The van der Waals surface area contributed by atoms with Crippen LogP contribution in [0.5, 0.6) is 0 Å². The van der Waals surface area contributed by atoms with E-state index in [2.05, 4.69) is 28.7 Å². The summed E-state index contributed by atoms with van der Waals surface area (Å²) in [6, 6.07) is 1.84. The maximum absolute atomic E-state index is 6.07. The van der Waals surface area contributed by atoms with Crippen LogP contribution in [0.25, 0.3) is 0 Å². The average molecular weight is 284 g/mol. The lowest BCUT2D eigenvalue weighted by atomic mass is 9.83. The van der Waals surface area contributed by atoms with Crippen molar-refractivity contribution in [2.75, 3.05) is 24.6 Å².